The Kier molecular flexibility index (Phi) is 4.34. The van der Waals surface area contributed by atoms with Crippen molar-refractivity contribution in [2.75, 3.05) is 46.6 Å². The molecule has 3 rings (SSSR count). The van der Waals surface area contributed by atoms with E-state index >= 15 is 0 Å². The molecular weight excluding hydrogens is 258 g/mol. The second kappa shape index (κ2) is 5.89. The molecule has 0 bridgehead atoms. The van der Waals surface area contributed by atoms with Crippen LogP contribution in [0.5, 0.6) is 0 Å². The molecule has 0 aromatic carbocycles. The topological polar surface area (TPSA) is 51.2 Å². The van der Waals surface area contributed by atoms with Gasteiger partial charge < -0.3 is 24.2 Å². The SMILES string of the molecule is CN(CC1(O)CCOCC1)C1CCOC2(CCOC2)C1. The van der Waals surface area contributed by atoms with Crippen LogP contribution in [0, 0.1) is 0 Å². The lowest BCUT2D eigenvalue weighted by Crippen LogP contribution is -2.53. The van der Waals surface area contributed by atoms with Gasteiger partial charge in [-0.25, -0.2) is 0 Å². The second-order valence-corrected chi connectivity index (χ2v) is 6.73. The number of rotatable bonds is 3. The van der Waals surface area contributed by atoms with E-state index in [4.69, 9.17) is 14.2 Å². The summed E-state index contributed by atoms with van der Waals surface area (Å²) in [7, 11) is 2.13. The average Bonchev–Trinajstić information content (AvgIpc) is 2.87. The largest absolute Gasteiger partial charge is 0.388 e. The van der Waals surface area contributed by atoms with E-state index in [1.165, 1.54) is 0 Å². The fraction of sp³-hybridized carbons (Fsp3) is 1.00. The van der Waals surface area contributed by atoms with E-state index in [-0.39, 0.29) is 5.60 Å². The Labute approximate surface area is 121 Å². The molecule has 0 aromatic heterocycles. The summed E-state index contributed by atoms with van der Waals surface area (Å²) >= 11 is 0. The summed E-state index contributed by atoms with van der Waals surface area (Å²) in [6.45, 7) is 4.44. The average molecular weight is 285 g/mol. The van der Waals surface area contributed by atoms with E-state index in [1.54, 1.807) is 0 Å². The molecule has 5 heteroatoms. The maximum Gasteiger partial charge on any atom is 0.0951 e. The van der Waals surface area contributed by atoms with Crippen molar-refractivity contribution in [3.8, 4) is 0 Å². The molecule has 0 aliphatic carbocycles. The van der Waals surface area contributed by atoms with Crippen molar-refractivity contribution in [1.82, 2.24) is 4.90 Å². The van der Waals surface area contributed by atoms with Gasteiger partial charge in [-0.15, -0.1) is 0 Å². The number of likely N-dealkylation sites (N-methyl/N-ethyl adjacent to an activating group) is 1. The zero-order chi connectivity index (χ0) is 14.1. The van der Waals surface area contributed by atoms with Gasteiger partial charge in [0.1, 0.15) is 0 Å². The minimum absolute atomic E-state index is 0.0600. The van der Waals surface area contributed by atoms with Gasteiger partial charge in [0.25, 0.3) is 0 Å². The van der Waals surface area contributed by atoms with E-state index in [2.05, 4.69) is 11.9 Å². The summed E-state index contributed by atoms with van der Waals surface area (Å²) in [6, 6.07) is 0.484. The Morgan fingerprint density at radius 2 is 1.85 bits per heavy atom. The molecule has 3 heterocycles. The van der Waals surface area contributed by atoms with Gasteiger partial charge >= 0.3 is 0 Å². The molecule has 2 unspecified atom stereocenters. The van der Waals surface area contributed by atoms with Crippen LogP contribution < -0.4 is 0 Å². The zero-order valence-corrected chi connectivity index (χ0v) is 12.5. The van der Waals surface area contributed by atoms with E-state index in [1.807, 2.05) is 0 Å². The van der Waals surface area contributed by atoms with Crippen molar-refractivity contribution in [2.45, 2.75) is 49.3 Å². The minimum Gasteiger partial charge on any atom is -0.388 e. The second-order valence-electron chi connectivity index (χ2n) is 6.73. The number of hydrogen-bond acceptors (Lipinski definition) is 5. The molecule has 5 nitrogen and oxygen atoms in total. The lowest BCUT2D eigenvalue weighted by Gasteiger charge is -2.44. The summed E-state index contributed by atoms with van der Waals surface area (Å²) in [5.41, 5.74) is -0.639. The van der Waals surface area contributed by atoms with E-state index in [0.717, 1.165) is 58.5 Å². The molecule has 2 atom stereocenters. The molecular formula is C15H27NO4. The van der Waals surface area contributed by atoms with Crippen molar-refractivity contribution < 1.29 is 19.3 Å². The lowest BCUT2D eigenvalue weighted by molar-refractivity contribution is -0.121. The van der Waals surface area contributed by atoms with Gasteiger partial charge in [-0.1, -0.05) is 0 Å². The standard InChI is InChI=1S/C15H27NO4/c1-16(11-14(17)3-7-18-8-4-14)13-2-6-20-15(10-13)5-9-19-12-15/h13,17H,2-12H2,1H3. The van der Waals surface area contributed by atoms with Crippen molar-refractivity contribution in [1.29, 1.82) is 0 Å². The van der Waals surface area contributed by atoms with Crippen LogP contribution in [-0.2, 0) is 14.2 Å². The van der Waals surface area contributed by atoms with Crippen LogP contribution in [0.4, 0.5) is 0 Å². The highest BCUT2D eigenvalue weighted by Crippen LogP contribution is 2.35. The maximum absolute atomic E-state index is 10.7. The number of aliphatic hydroxyl groups is 1. The van der Waals surface area contributed by atoms with Gasteiger partial charge in [0.2, 0.25) is 0 Å². The first kappa shape index (κ1) is 14.7. The summed E-state index contributed by atoms with van der Waals surface area (Å²) in [4.78, 5) is 2.33. The zero-order valence-electron chi connectivity index (χ0n) is 12.5. The molecule has 3 fully saturated rings. The van der Waals surface area contributed by atoms with Crippen molar-refractivity contribution in [2.24, 2.45) is 0 Å². The van der Waals surface area contributed by atoms with Crippen LogP contribution >= 0.6 is 0 Å². The van der Waals surface area contributed by atoms with Crippen LogP contribution in [0.15, 0.2) is 0 Å². The van der Waals surface area contributed by atoms with Gasteiger partial charge in [-0.2, -0.15) is 0 Å². The number of nitrogens with zero attached hydrogens (tertiary/aromatic N) is 1. The van der Waals surface area contributed by atoms with Gasteiger partial charge in [0, 0.05) is 58.3 Å². The normalized spacial score (nSPS) is 37.6. The summed E-state index contributed by atoms with van der Waals surface area (Å²) in [5, 5.41) is 10.7. The fourth-order valence-corrected chi connectivity index (χ4v) is 3.74. The molecule has 0 saturated carbocycles. The number of hydrogen-bond donors (Lipinski definition) is 1. The molecule has 116 valence electrons. The van der Waals surface area contributed by atoms with Gasteiger partial charge in [0.05, 0.1) is 17.8 Å². The van der Waals surface area contributed by atoms with E-state index in [9.17, 15) is 5.11 Å². The van der Waals surface area contributed by atoms with Gasteiger partial charge in [-0.3, -0.25) is 0 Å². The Balaban J connectivity index is 1.57. The van der Waals surface area contributed by atoms with Crippen LogP contribution in [0.25, 0.3) is 0 Å². The molecule has 3 aliphatic rings. The van der Waals surface area contributed by atoms with Crippen molar-refractivity contribution in [3.63, 3.8) is 0 Å². The molecule has 3 saturated heterocycles. The van der Waals surface area contributed by atoms with Gasteiger partial charge in [-0.05, 0) is 19.9 Å². The highest BCUT2D eigenvalue weighted by atomic mass is 16.6. The summed E-state index contributed by atoms with van der Waals surface area (Å²) in [5.74, 6) is 0. The predicted octanol–water partition coefficient (Wildman–Crippen LogP) is 0.798. The smallest absolute Gasteiger partial charge is 0.0951 e. The highest BCUT2D eigenvalue weighted by molar-refractivity contribution is 4.95. The third kappa shape index (κ3) is 3.17. The van der Waals surface area contributed by atoms with Gasteiger partial charge in [0.15, 0.2) is 0 Å². The Morgan fingerprint density at radius 1 is 1.10 bits per heavy atom. The third-order valence-electron chi connectivity index (χ3n) is 5.12. The quantitative estimate of drug-likeness (QED) is 0.831. The third-order valence-corrected chi connectivity index (χ3v) is 5.12. The maximum atomic E-state index is 10.7. The molecule has 0 radical (unpaired) electrons. The van der Waals surface area contributed by atoms with E-state index in [0.29, 0.717) is 19.3 Å². The molecule has 0 aromatic rings. The minimum atomic E-state index is -0.579. The molecule has 20 heavy (non-hydrogen) atoms. The fourth-order valence-electron chi connectivity index (χ4n) is 3.74. The van der Waals surface area contributed by atoms with Crippen molar-refractivity contribution in [3.05, 3.63) is 0 Å². The van der Waals surface area contributed by atoms with Crippen molar-refractivity contribution >= 4 is 0 Å². The molecule has 1 N–H and O–H groups in total. The first-order valence-corrected chi connectivity index (χ1v) is 7.83. The van der Waals surface area contributed by atoms with Crippen LogP contribution in [0.1, 0.15) is 32.1 Å². The van der Waals surface area contributed by atoms with Crippen LogP contribution in [0.3, 0.4) is 0 Å². The Morgan fingerprint density at radius 3 is 2.55 bits per heavy atom. The monoisotopic (exact) mass is 285 g/mol. The van der Waals surface area contributed by atoms with Crippen LogP contribution in [-0.4, -0.2) is 73.9 Å². The predicted molar refractivity (Wildman–Crippen MR) is 74.8 cm³/mol. The number of ether oxygens (including phenoxy) is 3. The Bertz CT molecular complexity index is 324. The summed E-state index contributed by atoms with van der Waals surface area (Å²) in [6.07, 6.45) is 4.57. The highest BCUT2D eigenvalue weighted by Gasteiger charge is 2.43. The lowest BCUT2D eigenvalue weighted by atomic mass is 9.87. The first-order valence-electron chi connectivity index (χ1n) is 7.83. The van der Waals surface area contributed by atoms with E-state index < -0.39 is 5.60 Å². The first-order chi connectivity index (χ1) is 9.61. The molecule has 0 amide bonds. The van der Waals surface area contributed by atoms with Crippen LogP contribution in [0.2, 0.25) is 0 Å². The molecule has 1 spiro atoms. The Hall–Kier alpha value is -0.200. The molecule has 3 aliphatic heterocycles. The summed E-state index contributed by atoms with van der Waals surface area (Å²) < 4.78 is 16.9.